The number of rotatable bonds is 2. The predicted octanol–water partition coefficient (Wildman–Crippen LogP) is -0.733. The molecule has 2 aliphatic rings. The van der Waals surface area contributed by atoms with Crippen LogP contribution in [0.5, 0.6) is 0 Å². The largest absolute Gasteiger partial charge is 0.409 e. The van der Waals surface area contributed by atoms with E-state index in [1.54, 1.807) is 13.8 Å². The molecule has 2 saturated heterocycles. The molecular weight excluding hydrogens is 276 g/mol. The molecule has 0 atom stereocenters. The molecule has 2 fully saturated rings. The number of amidine groups is 1. The van der Waals surface area contributed by atoms with Crippen molar-refractivity contribution in [1.29, 1.82) is 0 Å². The summed E-state index contributed by atoms with van der Waals surface area (Å²) in [6.07, 6.45) is 0.686. The highest BCUT2D eigenvalue weighted by molar-refractivity contribution is 6.08. The van der Waals surface area contributed by atoms with E-state index >= 15 is 0 Å². The van der Waals surface area contributed by atoms with Crippen molar-refractivity contribution in [2.24, 2.45) is 16.3 Å². The van der Waals surface area contributed by atoms with Crippen LogP contribution >= 0.6 is 0 Å². The van der Waals surface area contributed by atoms with Gasteiger partial charge in [0.25, 0.3) is 0 Å². The molecule has 0 spiro atoms. The van der Waals surface area contributed by atoms with Crippen molar-refractivity contribution in [3.63, 3.8) is 0 Å². The fourth-order valence-corrected chi connectivity index (χ4v) is 2.91. The van der Waals surface area contributed by atoms with Gasteiger partial charge in [-0.1, -0.05) is 5.16 Å². The molecule has 2 aliphatic heterocycles. The smallest absolute Gasteiger partial charge is 0.245 e. The highest BCUT2D eigenvalue weighted by atomic mass is 16.5. The zero-order valence-electron chi connectivity index (χ0n) is 12.4. The number of hydrogen-bond acceptors (Lipinski definition) is 5. The summed E-state index contributed by atoms with van der Waals surface area (Å²) < 4.78 is 5.29. The standard InChI is InChI=1S/C13H22N4O4/c1-12(2)10(18)15-5-6-17(12)11(19)13(9(14)16-20)3-7-21-8-4-13/h20H,3-8H2,1-2H3,(H2,14,16)(H,15,18). The Labute approximate surface area is 123 Å². The van der Waals surface area contributed by atoms with Gasteiger partial charge in [0.05, 0.1) is 0 Å². The number of nitrogens with zero attached hydrogens (tertiary/aromatic N) is 2. The third-order valence-electron chi connectivity index (χ3n) is 4.45. The molecule has 0 aromatic carbocycles. The van der Waals surface area contributed by atoms with Crippen LogP contribution in [0.4, 0.5) is 0 Å². The minimum absolute atomic E-state index is 0.113. The number of piperazine rings is 1. The summed E-state index contributed by atoms with van der Waals surface area (Å²) in [6, 6.07) is 0. The Morgan fingerprint density at radius 3 is 2.62 bits per heavy atom. The van der Waals surface area contributed by atoms with Crippen LogP contribution < -0.4 is 11.1 Å². The molecule has 0 aromatic rings. The van der Waals surface area contributed by atoms with Gasteiger partial charge in [-0.25, -0.2) is 0 Å². The van der Waals surface area contributed by atoms with Crippen LogP contribution in [0.1, 0.15) is 26.7 Å². The second kappa shape index (κ2) is 5.51. The predicted molar refractivity (Wildman–Crippen MR) is 74.7 cm³/mol. The summed E-state index contributed by atoms with van der Waals surface area (Å²) in [5, 5.41) is 14.9. The first kappa shape index (κ1) is 15.6. The summed E-state index contributed by atoms with van der Waals surface area (Å²) in [4.78, 5) is 26.6. The summed E-state index contributed by atoms with van der Waals surface area (Å²) in [6.45, 7) is 4.91. The Kier molecular flexibility index (Phi) is 4.08. The average Bonchev–Trinajstić information content (AvgIpc) is 2.49. The number of carbonyl (C=O) groups excluding carboxylic acids is 2. The van der Waals surface area contributed by atoms with Crippen molar-refractivity contribution in [3.05, 3.63) is 0 Å². The normalized spacial score (nSPS) is 25.3. The molecule has 8 heteroatoms. The first-order chi connectivity index (χ1) is 9.86. The fourth-order valence-electron chi connectivity index (χ4n) is 2.91. The monoisotopic (exact) mass is 298 g/mol. The van der Waals surface area contributed by atoms with Crippen molar-refractivity contribution in [2.75, 3.05) is 26.3 Å². The molecule has 0 bridgehead atoms. The number of nitrogens with two attached hydrogens (primary N) is 1. The third kappa shape index (κ3) is 2.44. The lowest BCUT2D eigenvalue weighted by Gasteiger charge is -2.46. The Morgan fingerprint density at radius 1 is 1.43 bits per heavy atom. The van der Waals surface area contributed by atoms with Gasteiger partial charge in [-0.05, 0) is 26.7 Å². The van der Waals surface area contributed by atoms with E-state index < -0.39 is 11.0 Å². The molecule has 2 rings (SSSR count). The van der Waals surface area contributed by atoms with E-state index in [0.717, 1.165) is 0 Å². The SMILES string of the molecule is CC1(C)C(=O)NCCN1C(=O)C1(C(N)=NO)CCOCC1. The number of amides is 2. The topological polar surface area (TPSA) is 117 Å². The van der Waals surface area contributed by atoms with Crippen molar-refractivity contribution >= 4 is 17.6 Å². The average molecular weight is 298 g/mol. The number of oxime groups is 1. The first-order valence-electron chi connectivity index (χ1n) is 7.02. The first-order valence-corrected chi connectivity index (χ1v) is 7.02. The Balaban J connectivity index is 2.36. The highest BCUT2D eigenvalue weighted by Gasteiger charge is 2.51. The summed E-state index contributed by atoms with van der Waals surface area (Å²) in [5.41, 5.74) is 3.75. The van der Waals surface area contributed by atoms with Gasteiger partial charge in [0.1, 0.15) is 11.0 Å². The van der Waals surface area contributed by atoms with Crippen molar-refractivity contribution in [3.8, 4) is 0 Å². The third-order valence-corrected chi connectivity index (χ3v) is 4.45. The molecule has 0 aromatic heterocycles. The van der Waals surface area contributed by atoms with Crippen LogP contribution in [0.3, 0.4) is 0 Å². The van der Waals surface area contributed by atoms with E-state index in [1.807, 2.05) is 0 Å². The van der Waals surface area contributed by atoms with Crippen LogP contribution in [0.25, 0.3) is 0 Å². The van der Waals surface area contributed by atoms with Crippen LogP contribution in [0, 0.1) is 5.41 Å². The number of hydrogen-bond donors (Lipinski definition) is 3. The summed E-state index contributed by atoms with van der Waals surface area (Å²) in [7, 11) is 0. The van der Waals surface area contributed by atoms with Crippen LogP contribution in [0.2, 0.25) is 0 Å². The van der Waals surface area contributed by atoms with Crippen LogP contribution in [0.15, 0.2) is 5.16 Å². The van der Waals surface area contributed by atoms with E-state index in [1.165, 1.54) is 4.90 Å². The Hall–Kier alpha value is -1.83. The van der Waals surface area contributed by atoms with Gasteiger partial charge < -0.3 is 25.9 Å². The second-order valence-corrected chi connectivity index (χ2v) is 5.95. The molecule has 0 saturated carbocycles. The zero-order valence-corrected chi connectivity index (χ0v) is 12.4. The molecular formula is C13H22N4O4. The molecule has 118 valence electrons. The van der Waals surface area contributed by atoms with E-state index in [0.29, 0.717) is 39.1 Å². The van der Waals surface area contributed by atoms with Gasteiger partial charge in [0.2, 0.25) is 11.8 Å². The lowest BCUT2D eigenvalue weighted by molar-refractivity contribution is -0.157. The Morgan fingerprint density at radius 2 is 2.05 bits per heavy atom. The van der Waals surface area contributed by atoms with Gasteiger partial charge >= 0.3 is 0 Å². The van der Waals surface area contributed by atoms with Crippen molar-refractivity contribution in [1.82, 2.24) is 10.2 Å². The lowest BCUT2D eigenvalue weighted by Crippen LogP contribution is -2.67. The lowest BCUT2D eigenvalue weighted by atomic mass is 9.76. The van der Waals surface area contributed by atoms with Crippen LogP contribution in [-0.4, -0.2) is 59.6 Å². The van der Waals surface area contributed by atoms with E-state index in [4.69, 9.17) is 15.7 Å². The van der Waals surface area contributed by atoms with Crippen molar-refractivity contribution < 1.29 is 19.5 Å². The van der Waals surface area contributed by atoms with Crippen molar-refractivity contribution in [2.45, 2.75) is 32.2 Å². The van der Waals surface area contributed by atoms with Gasteiger partial charge in [0.15, 0.2) is 5.84 Å². The molecule has 21 heavy (non-hydrogen) atoms. The van der Waals surface area contributed by atoms with E-state index in [2.05, 4.69) is 10.5 Å². The van der Waals surface area contributed by atoms with Gasteiger partial charge in [-0.15, -0.1) is 0 Å². The zero-order chi connectivity index (χ0) is 15.7. The molecule has 8 nitrogen and oxygen atoms in total. The molecule has 0 unspecified atom stereocenters. The molecule has 2 amide bonds. The van der Waals surface area contributed by atoms with Crippen LogP contribution in [-0.2, 0) is 14.3 Å². The molecule has 0 aliphatic carbocycles. The quantitative estimate of drug-likeness (QED) is 0.269. The molecule has 0 radical (unpaired) electrons. The minimum atomic E-state index is -1.10. The maximum atomic E-state index is 13.1. The maximum Gasteiger partial charge on any atom is 0.245 e. The van der Waals surface area contributed by atoms with Gasteiger partial charge in [-0.3, -0.25) is 9.59 Å². The van der Waals surface area contributed by atoms with E-state index in [9.17, 15) is 9.59 Å². The number of carbonyl (C=O) groups is 2. The fraction of sp³-hybridized carbons (Fsp3) is 0.769. The van der Waals surface area contributed by atoms with E-state index in [-0.39, 0.29) is 17.6 Å². The highest BCUT2D eigenvalue weighted by Crippen LogP contribution is 2.35. The summed E-state index contributed by atoms with van der Waals surface area (Å²) in [5.74, 6) is -0.595. The Bertz CT molecular complexity index is 469. The second-order valence-electron chi connectivity index (χ2n) is 5.95. The minimum Gasteiger partial charge on any atom is -0.409 e. The van der Waals surface area contributed by atoms with Gasteiger partial charge in [-0.2, -0.15) is 0 Å². The molecule has 2 heterocycles. The van der Waals surface area contributed by atoms with Gasteiger partial charge in [0, 0.05) is 26.3 Å². The molecule has 4 N–H and O–H groups in total. The number of ether oxygens (including phenoxy) is 1. The maximum absolute atomic E-state index is 13.1. The number of nitrogens with one attached hydrogen (secondary N) is 1. The summed E-state index contributed by atoms with van der Waals surface area (Å²) >= 11 is 0.